The summed E-state index contributed by atoms with van der Waals surface area (Å²) in [5.41, 5.74) is 4.28. The van der Waals surface area contributed by atoms with Crippen molar-refractivity contribution in [2.75, 3.05) is 11.1 Å². The molecule has 0 atom stereocenters. The van der Waals surface area contributed by atoms with Crippen LogP contribution in [0.1, 0.15) is 29.4 Å². The number of aromatic nitrogens is 3. The molecular formula is C22H25ClN4OS2. The third-order valence-corrected chi connectivity index (χ3v) is 6.73. The van der Waals surface area contributed by atoms with E-state index in [9.17, 15) is 4.79 Å². The Morgan fingerprint density at radius 1 is 1.10 bits per heavy atom. The standard InChI is InChI=1S/C22H25ClN4OS2/c1-4-27-20(13-29-12-17-7-5-15(2)6-8-17)25-26-22(27)30-14-21(28)24-19-10-9-18(23)11-16(19)3/h5-11H,4,12-14H2,1-3H3,(H,24,28). The molecule has 1 N–H and O–H groups in total. The molecular weight excluding hydrogens is 436 g/mol. The molecule has 1 heterocycles. The van der Waals surface area contributed by atoms with Gasteiger partial charge >= 0.3 is 0 Å². The zero-order valence-electron chi connectivity index (χ0n) is 17.3. The van der Waals surface area contributed by atoms with Gasteiger partial charge in [-0.3, -0.25) is 4.79 Å². The van der Waals surface area contributed by atoms with Gasteiger partial charge in [0.1, 0.15) is 5.82 Å². The molecule has 1 aromatic heterocycles. The first-order valence-electron chi connectivity index (χ1n) is 9.70. The van der Waals surface area contributed by atoms with Gasteiger partial charge in [0.25, 0.3) is 0 Å². The lowest BCUT2D eigenvalue weighted by Gasteiger charge is -2.09. The minimum Gasteiger partial charge on any atom is -0.325 e. The molecule has 0 aliphatic carbocycles. The average Bonchev–Trinajstić information content (AvgIpc) is 3.12. The van der Waals surface area contributed by atoms with Crippen LogP contribution in [0.5, 0.6) is 0 Å². The number of halogens is 1. The monoisotopic (exact) mass is 460 g/mol. The Labute approximate surface area is 191 Å². The lowest BCUT2D eigenvalue weighted by Crippen LogP contribution is -2.15. The fourth-order valence-electron chi connectivity index (χ4n) is 2.88. The number of rotatable bonds is 9. The third kappa shape index (κ3) is 6.27. The highest BCUT2D eigenvalue weighted by molar-refractivity contribution is 7.99. The molecule has 158 valence electrons. The zero-order valence-corrected chi connectivity index (χ0v) is 19.7. The molecule has 5 nitrogen and oxygen atoms in total. The molecule has 0 aliphatic heterocycles. The van der Waals surface area contributed by atoms with Gasteiger partial charge in [-0.25, -0.2) is 0 Å². The van der Waals surface area contributed by atoms with Gasteiger partial charge in [-0.1, -0.05) is 53.2 Å². The number of carbonyl (C=O) groups is 1. The molecule has 30 heavy (non-hydrogen) atoms. The van der Waals surface area contributed by atoms with Gasteiger partial charge in [0.2, 0.25) is 5.91 Å². The molecule has 2 aromatic carbocycles. The third-order valence-electron chi connectivity index (χ3n) is 4.53. The molecule has 0 radical (unpaired) electrons. The molecule has 0 saturated carbocycles. The van der Waals surface area contributed by atoms with Crippen LogP contribution in [0, 0.1) is 13.8 Å². The molecule has 0 unspecified atom stereocenters. The van der Waals surface area contributed by atoms with Crippen LogP contribution in [0.25, 0.3) is 0 Å². The summed E-state index contributed by atoms with van der Waals surface area (Å²) in [5.74, 6) is 2.85. The first kappa shape index (κ1) is 22.7. The zero-order chi connectivity index (χ0) is 21.5. The predicted octanol–water partition coefficient (Wildman–Crippen LogP) is 5.73. The number of amides is 1. The second kappa shape index (κ2) is 10.9. The number of thioether (sulfide) groups is 2. The topological polar surface area (TPSA) is 59.8 Å². The molecule has 3 rings (SSSR count). The second-order valence-electron chi connectivity index (χ2n) is 6.92. The first-order chi connectivity index (χ1) is 14.5. The van der Waals surface area contributed by atoms with Gasteiger partial charge in [0.05, 0.1) is 11.5 Å². The largest absolute Gasteiger partial charge is 0.325 e. The van der Waals surface area contributed by atoms with Crippen molar-refractivity contribution in [1.29, 1.82) is 0 Å². The Bertz CT molecular complexity index is 1000. The highest BCUT2D eigenvalue weighted by Crippen LogP contribution is 2.23. The van der Waals surface area contributed by atoms with Crippen molar-refractivity contribution in [3.63, 3.8) is 0 Å². The van der Waals surface area contributed by atoms with Crippen LogP contribution in [-0.4, -0.2) is 26.4 Å². The van der Waals surface area contributed by atoms with Crippen LogP contribution in [0.15, 0.2) is 47.6 Å². The van der Waals surface area contributed by atoms with Crippen molar-refractivity contribution in [2.45, 2.75) is 44.0 Å². The fourth-order valence-corrected chi connectivity index (χ4v) is 4.85. The van der Waals surface area contributed by atoms with Crippen molar-refractivity contribution >= 4 is 46.7 Å². The van der Waals surface area contributed by atoms with E-state index in [0.717, 1.165) is 40.3 Å². The molecule has 0 fully saturated rings. The molecule has 0 aliphatic rings. The number of anilines is 1. The Kier molecular flexibility index (Phi) is 8.24. The van der Waals surface area contributed by atoms with E-state index in [-0.39, 0.29) is 11.7 Å². The Hall–Kier alpha value is -1.96. The summed E-state index contributed by atoms with van der Waals surface area (Å²) >= 11 is 9.19. The van der Waals surface area contributed by atoms with Crippen LogP contribution < -0.4 is 5.32 Å². The van der Waals surface area contributed by atoms with E-state index in [0.29, 0.717) is 5.02 Å². The fraction of sp³-hybridized carbons (Fsp3) is 0.318. The van der Waals surface area contributed by atoms with Gasteiger partial charge in [0.15, 0.2) is 5.16 Å². The number of carbonyl (C=O) groups excluding carboxylic acids is 1. The van der Waals surface area contributed by atoms with E-state index in [1.807, 2.05) is 30.8 Å². The Morgan fingerprint density at radius 2 is 1.87 bits per heavy atom. The summed E-state index contributed by atoms with van der Waals surface area (Å²) in [6.45, 7) is 6.85. The molecule has 3 aromatic rings. The van der Waals surface area contributed by atoms with E-state index in [2.05, 4.69) is 58.2 Å². The molecule has 0 saturated heterocycles. The summed E-state index contributed by atoms with van der Waals surface area (Å²) in [5, 5.41) is 13.0. The van der Waals surface area contributed by atoms with Crippen LogP contribution >= 0.6 is 35.1 Å². The van der Waals surface area contributed by atoms with E-state index >= 15 is 0 Å². The number of nitrogens with one attached hydrogen (secondary N) is 1. The lowest BCUT2D eigenvalue weighted by molar-refractivity contribution is -0.113. The van der Waals surface area contributed by atoms with Gasteiger partial charge in [-0.15, -0.1) is 22.0 Å². The summed E-state index contributed by atoms with van der Waals surface area (Å²) in [4.78, 5) is 12.4. The van der Waals surface area contributed by atoms with Crippen molar-refractivity contribution in [1.82, 2.24) is 14.8 Å². The smallest absolute Gasteiger partial charge is 0.234 e. The average molecular weight is 461 g/mol. The minimum absolute atomic E-state index is 0.0774. The van der Waals surface area contributed by atoms with E-state index in [1.54, 1.807) is 6.07 Å². The van der Waals surface area contributed by atoms with E-state index in [4.69, 9.17) is 11.6 Å². The van der Waals surface area contributed by atoms with Crippen molar-refractivity contribution in [2.24, 2.45) is 0 Å². The summed E-state index contributed by atoms with van der Waals surface area (Å²) < 4.78 is 2.08. The summed E-state index contributed by atoms with van der Waals surface area (Å²) in [6.07, 6.45) is 0. The normalized spacial score (nSPS) is 10.9. The van der Waals surface area contributed by atoms with Crippen molar-refractivity contribution < 1.29 is 4.79 Å². The maximum absolute atomic E-state index is 12.4. The maximum Gasteiger partial charge on any atom is 0.234 e. The number of hydrogen-bond donors (Lipinski definition) is 1. The van der Waals surface area contributed by atoms with Gasteiger partial charge in [-0.2, -0.15) is 0 Å². The van der Waals surface area contributed by atoms with Crippen molar-refractivity contribution in [3.05, 3.63) is 70.0 Å². The molecule has 0 spiro atoms. The van der Waals surface area contributed by atoms with Crippen LogP contribution in [-0.2, 0) is 22.8 Å². The highest BCUT2D eigenvalue weighted by Gasteiger charge is 2.14. The highest BCUT2D eigenvalue weighted by atomic mass is 35.5. The number of nitrogens with zero attached hydrogens (tertiary/aromatic N) is 3. The quantitative estimate of drug-likeness (QED) is 0.413. The SMILES string of the molecule is CCn1c(CSCc2ccc(C)cc2)nnc1SCC(=O)Nc1ccc(Cl)cc1C. The minimum atomic E-state index is -0.0774. The predicted molar refractivity (Wildman–Crippen MR) is 127 cm³/mol. The molecule has 1 amide bonds. The number of benzene rings is 2. The van der Waals surface area contributed by atoms with Crippen molar-refractivity contribution in [3.8, 4) is 0 Å². The van der Waals surface area contributed by atoms with Crippen LogP contribution in [0.3, 0.4) is 0 Å². The van der Waals surface area contributed by atoms with E-state index in [1.165, 1.54) is 22.9 Å². The first-order valence-corrected chi connectivity index (χ1v) is 12.2. The second-order valence-corrected chi connectivity index (χ2v) is 9.28. The van der Waals surface area contributed by atoms with Gasteiger partial charge in [-0.05, 0) is 50.1 Å². The van der Waals surface area contributed by atoms with Crippen LogP contribution in [0.4, 0.5) is 5.69 Å². The number of hydrogen-bond acceptors (Lipinski definition) is 5. The maximum atomic E-state index is 12.4. The van der Waals surface area contributed by atoms with E-state index < -0.39 is 0 Å². The van der Waals surface area contributed by atoms with Gasteiger partial charge in [0, 0.05) is 23.0 Å². The lowest BCUT2D eigenvalue weighted by atomic mass is 10.2. The van der Waals surface area contributed by atoms with Crippen LogP contribution in [0.2, 0.25) is 5.02 Å². The van der Waals surface area contributed by atoms with Gasteiger partial charge < -0.3 is 9.88 Å². The summed E-state index contributed by atoms with van der Waals surface area (Å²) in [6, 6.07) is 14.0. The Morgan fingerprint density at radius 3 is 2.57 bits per heavy atom. The molecule has 0 bridgehead atoms. The molecule has 8 heteroatoms. The Balaban J connectivity index is 1.53. The summed E-state index contributed by atoms with van der Waals surface area (Å²) in [7, 11) is 0. The number of aryl methyl sites for hydroxylation is 2.